The Balaban J connectivity index is 1.86. The number of halogens is 1. The van der Waals surface area contributed by atoms with Crippen LogP contribution in [0.4, 0.5) is 4.39 Å². The first-order valence-corrected chi connectivity index (χ1v) is 15.2. The molecule has 0 saturated carbocycles. The highest BCUT2D eigenvalue weighted by molar-refractivity contribution is 5.93. The maximum atomic E-state index is 13.8. The minimum atomic E-state index is -0.974. The lowest BCUT2D eigenvalue weighted by Crippen LogP contribution is -2.57. The van der Waals surface area contributed by atoms with Gasteiger partial charge in [0.25, 0.3) is 0 Å². The number of amides is 4. The number of carbonyl (C=O) groups is 4. The van der Waals surface area contributed by atoms with Gasteiger partial charge in [-0.25, -0.2) is 4.39 Å². The SMILES string of the molecule is CN(C(=O)[C@H](N)Cc1ccc(F)cc1)[C@H]1CCCCNC(=O)CCCNC(=O)C(Cc2ccc(O)c(C(C)(C)C)c2)NC1=O. The van der Waals surface area contributed by atoms with Crippen LogP contribution in [-0.2, 0) is 37.4 Å². The number of nitrogens with two attached hydrogens (primary N) is 1. The number of nitrogens with one attached hydrogen (secondary N) is 3. The summed E-state index contributed by atoms with van der Waals surface area (Å²) in [5.41, 5.74) is 8.03. The molecular weight excluding hydrogens is 565 g/mol. The molecule has 1 unspecified atom stereocenters. The van der Waals surface area contributed by atoms with Gasteiger partial charge in [0.15, 0.2) is 0 Å². The lowest BCUT2D eigenvalue weighted by atomic mass is 9.84. The first-order valence-electron chi connectivity index (χ1n) is 15.2. The summed E-state index contributed by atoms with van der Waals surface area (Å²) in [6.45, 7) is 6.60. The Morgan fingerprint density at radius 2 is 1.66 bits per heavy atom. The standard InChI is InChI=1S/C33H46FN5O5/c1-33(2,3)24-18-22(12-15-28(24)40)20-26-30(42)37-17-7-9-29(41)36-16-6-5-8-27(31(43)38-26)39(4)32(44)25(35)19-21-10-13-23(34)14-11-21/h10-15,18,25-27,40H,5-9,16-17,19-20,35H2,1-4H3,(H,36,41)(H,37,42)(H,38,43)/t25-,26?,27+/m1/s1. The molecule has 1 aliphatic rings. The Morgan fingerprint density at radius 3 is 2.34 bits per heavy atom. The van der Waals surface area contributed by atoms with Crippen LogP contribution in [0.25, 0.3) is 0 Å². The van der Waals surface area contributed by atoms with Crippen LogP contribution < -0.4 is 21.7 Å². The number of hydrogen-bond donors (Lipinski definition) is 5. The zero-order valence-corrected chi connectivity index (χ0v) is 26.1. The Hall–Kier alpha value is -3.99. The van der Waals surface area contributed by atoms with Crippen LogP contribution in [0, 0.1) is 5.82 Å². The summed E-state index contributed by atoms with van der Waals surface area (Å²) in [5.74, 6) is -1.74. The van der Waals surface area contributed by atoms with E-state index in [1.807, 2.05) is 26.8 Å². The summed E-state index contributed by atoms with van der Waals surface area (Å²) in [4.78, 5) is 54.1. The van der Waals surface area contributed by atoms with Gasteiger partial charge < -0.3 is 31.7 Å². The van der Waals surface area contributed by atoms with E-state index in [2.05, 4.69) is 16.0 Å². The Kier molecular flexibility index (Phi) is 12.3. The number of carbonyl (C=O) groups excluding carboxylic acids is 4. The second-order valence-corrected chi connectivity index (χ2v) is 12.5. The van der Waals surface area contributed by atoms with Crippen molar-refractivity contribution in [3.05, 3.63) is 65.0 Å². The van der Waals surface area contributed by atoms with Crippen LogP contribution in [0.15, 0.2) is 42.5 Å². The van der Waals surface area contributed by atoms with E-state index in [0.717, 1.165) is 5.56 Å². The summed E-state index contributed by atoms with van der Waals surface area (Å²) >= 11 is 0. The molecule has 0 aliphatic carbocycles. The topological polar surface area (TPSA) is 154 Å². The molecule has 4 amide bonds. The predicted octanol–water partition coefficient (Wildman–Crippen LogP) is 2.45. The minimum Gasteiger partial charge on any atom is -0.508 e. The van der Waals surface area contributed by atoms with Crippen molar-refractivity contribution in [2.75, 3.05) is 20.1 Å². The van der Waals surface area contributed by atoms with E-state index in [4.69, 9.17) is 5.73 Å². The number of phenols is 1. The lowest BCUT2D eigenvalue weighted by Gasteiger charge is -2.31. The third-order valence-electron chi connectivity index (χ3n) is 7.85. The first kappa shape index (κ1) is 34.5. The van der Waals surface area contributed by atoms with E-state index in [1.54, 1.807) is 24.3 Å². The van der Waals surface area contributed by atoms with Gasteiger partial charge in [0.05, 0.1) is 6.04 Å². The maximum Gasteiger partial charge on any atom is 0.243 e. The predicted molar refractivity (Wildman–Crippen MR) is 166 cm³/mol. The highest BCUT2D eigenvalue weighted by Crippen LogP contribution is 2.31. The molecule has 0 radical (unpaired) electrons. The number of benzene rings is 2. The number of nitrogens with zero attached hydrogens (tertiary/aromatic N) is 1. The Bertz CT molecular complexity index is 1310. The highest BCUT2D eigenvalue weighted by atomic mass is 19.1. The van der Waals surface area contributed by atoms with Crippen molar-refractivity contribution in [1.29, 1.82) is 0 Å². The van der Waals surface area contributed by atoms with Crippen LogP contribution in [0.5, 0.6) is 5.75 Å². The van der Waals surface area contributed by atoms with Crippen molar-refractivity contribution in [3.8, 4) is 5.75 Å². The molecule has 0 bridgehead atoms. The van der Waals surface area contributed by atoms with Gasteiger partial charge in [0.1, 0.15) is 23.7 Å². The van der Waals surface area contributed by atoms with Crippen LogP contribution in [0.2, 0.25) is 0 Å². The van der Waals surface area contributed by atoms with E-state index >= 15 is 0 Å². The van der Waals surface area contributed by atoms with E-state index < -0.39 is 41.7 Å². The molecule has 2 aromatic carbocycles. The molecule has 11 heteroatoms. The van der Waals surface area contributed by atoms with Gasteiger partial charge >= 0.3 is 0 Å². The van der Waals surface area contributed by atoms with Crippen LogP contribution in [0.3, 0.4) is 0 Å². The van der Waals surface area contributed by atoms with Crippen LogP contribution in [0.1, 0.15) is 69.6 Å². The fraction of sp³-hybridized carbons (Fsp3) is 0.515. The van der Waals surface area contributed by atoms with E-state index in [0.29, 0.717) is 36.9 Å². The monoisotopic (exact) mass is 611 g/mol. The normalized spacial score (nSPS) is 19.9. The van der Waals surface area contributed by atoms with Gasteiger partial charge in [-0.2, -0.15) is 0 Å². The van der Waals surface area contributed by atoms with Crippen molar-refractivity contribution >= 4 is 23.6 Å². The number of rotatable bonds is 6. The van der Waals surface area contributed by atoms with E-state index in [-0.39, 0.29) is 49.3 Å². The van der Waals surface area contributed by atoms with Crippen molar-refractivity contribution in [2.45, 2.75) is 89.3 Å². The number of phenolic OH excluding ortho intramolecular Hbond substituents is 1. The summed E-state index contributed by atoms with van der Waals surface area (Å²) in [7, 11) is 1.51. The van der Waals surface area contributed by atoms with Crippen molar-refractivity contribution in [2.24, 2.45) is 5.73 Å². The van der Waals surface area contributed by atoms with Crippen molar-refractivity contribution < 1.29 is 28.7 Å². The number of hydrogen-bond acceptors (Lipinski definition) is 6. The number of aromatic hydroxyl groups is 1. The number of likely N-dealkylation sites (N-methyl/N-ethyl adjacent to an activating group) is 1. The summed E-state index contributed by atoms with van der Waals surface area (Å²) in [5, 5.41) is 19.0. The average molecular weight is 612 g/mol. The molecule has 1 fully saturated rings. The summed E-state index contributed by atoms with van der Waals surface area (Å²) < 4.78 is 13.3. The second-order valence-electron chi connectivity index (χ2n) is 12.5. The zero-order chi connectivity index (χ0) is 32.4. The Labute approximate surface area is 259 Å². The van der Waals surface area contributed by atoms with Gasteiger partial charge in [0, 0.05) is 33.0 Å². The molecule has 44 heavy (non-hydrogen) atoms. The minimum absolute atomic E-state index is 0.116. The highest BCUT2D eigenvalue weighted by Gasteiger charge is 2.32. The second kappa shape index (κ2) is 15.7. The van der Waals surface area contributed by atoms with Gasteiger partial charge in [-0.05, 0) is 72.4 Å². The lowest BCUT2D eigenvalue weighted by molar-refractivity contribution is -0.141. The molecule has 240 valence electrons. The molecule has 1 aliphatic heterocycles. The van der Waals surface area contributed by atoms with E-state index in [9.17, 15) is 28.7 Å². The molecular formula is C33H46FN5O5. The van der Waals surface area contributed by atoms with Crippen LogP contribution in [-0.4, -0.2) is 71.9 Å². The molecule has 3 atom stereocenters. The molecule has 6 N–H and O–H groups in total. The van der Waals surface area contributed by atoms with Crippen molar-refractivity contribution in [3.63, 3.8) is 0 Å². The quantitative estimate of drug-likeness (QED) is 0.338. The van der Waals surface area contributed by atoms with Gasteiger partial charge in [0.2, 0.25) is 23.6 Å². The fourth-order valence-electron chi connectivity index (χ4n) is 5.26. The maximum absolute atomic E-state index is 13.8. The molecule has 1 saturated heterocycles. The average Bonchev–Trinajstić information content (AvgIpc) is 2.97. The molecule has 3 rings (SSSR count). The largest absolute Gasteiger partial charge is 0.508 e. The molecule has 0 aromatic heterocycles. The third-order valence-corrected chi connectivity index (χ3v) is 7.85. The van der Waals surface area contributed by atoms with Gasteiger partial charge in [-0.1, -0.05) is 45.0 Å². The smallest absolute Gasteiger partial charge is 0.243 e. The van der Waals surface area contributed by atoms with Crippen LogP contribution >= 0.6 is 0 Å². The van der Waals surface area contributed by atoms with Gasteiger partial charge in [-0.15, -0.1) is 0 Å². The summed E-state index contributed by atoms with van der Waals surface area (Å²) in [6.07, 6.45) is 2.43. The molecule has 0 spiro atoms. The van der Waals surface area contributed by atoms with Gasteiger partial charge in [-0.3, -0.25) is 19.2 Å². The summed E-state index contributed by atoms with van der Waals surface area (Å²) in [6, 6.07) is 7.97. The zero-order valence-electron chi connectivity index (χ0n) is 26.1. The Morgan fingerprint density at radius 1 is 1.00 bits per heavy atom. The molecule has 2 aromatic rings. The van der Waals surface area contributed by atoms with Crippen molar-refractivity contribution in [1.82, 2.24) is 20.9 Å². The molecule has 1 heterocycles. The fourth-order valence-corrected chi connectivity index (χ4v) is 5.26. The molecule has 10 nitrogen and oxygen atoms in total. The third kappa shape index (κ3) is 10.0. The first-order chi connectivity index (χ1) is 20.8. The van der Waals surface area contributed by atoms with E-state index in [1.165, 1.54) is 24.1 Å².